The monoisotopic (exact) mass is 234 g/mol. The van der Waals surface area contributed by atoms with Crippen molar-refractivity contribution in [3.05, 3.63) is 29.3 Å². The lowest BCUT2D eigenvalue weighted by atomic mass is 9.89. The predicted octanol–water partition coefficient (Wildman–Crippen LogP) is 3.48. The SMILES string of the molecule is CCC(C)COc1ccc2c(c1)[C@H](O)CCC2. The highest BCUT2D eigenvalue weighted by Gasteiger charge is 2.18. The number of benzene rings is 1. The van der Waals surface area contributed by atoms with Gasteiger partial charge in [-0.05, 0) is 48.4 Å². The number of ether oxygens (including phenoxy) is 1. The van der Waals surface area contributed by atoms with E-state index in [0.29, 0.717) is 5.92 Å². The van der Waals surface area contributed by atoms with Gasteiger partial charge in [-0.2, -0.15) is 0 Å². The van der Waals surface area contributed by atoms with E-state index in [1.54, 1.807) is 0 Å². The van der Waals surface area contributed by atoms with Gasteiger partial charge in [-0.3, -0.25) is 0 Å². The van der Waals surface area contributed by atoms with Gasteiger partial charge in [-0.25, -0.2) is 0 Å². The van der Waals surface area contributed by atoms with Crippen LogP contribution in [0.1, 0.15) is 50.3 Å². The fourth-order valence-corrected chi connectivity index (χ4v) is 2.20. The molecular weight excluding hydrogens is 212 g/mol. The second-order valence-corrected chi connectivity index (χ2v) is 5.09. The lowest BCUT2D eigenvalue weighted by Crippen LogP contribution is -2.11. The smallest absolute Gasteiger partial charge is 0.119 e. The van der Waals surface area contributed by atoms with Gasteiger partial charge in [0, 0.05) is 0 Å². The highest BCUT2D eigenvalue weighted by Crippen LogP contribution is 2.32. The first kappa shape index (κ1) is 12.4. The summed E-state index contributed by atoms with van der Waals surface area (Å²) in [6.45, 7) is 5.11. The number of aliphatic hydroxyl groups is 1. The molecule has 1 aromatic rings. The second-order valence-electron chi connectivity index (χ2n) is 5.09. The summed E-state index contributed by atoms with van der Waals surface area (Å²) in [5.41, 5.74) is 2.34. The fraction of sp³-hybridized carbons (Fsp3) is 0.600. The van der Waals surface area contributed by atoms with E-state index < -0.39 is 0 Å². The summed E-state index contributed by atoms with van der Waals surface area (Å²) < 4.78 is 5.76. The van der Waals surface area contributed by atoms with E-state index >= 15 is 0 Å². The Hall–Kier alpha value is -1.02. The summed E-state index contributed by atoms with van der Waals surface area (Å²) in [5, 5.41) is 9.95. The maximum Gasteiger partial charge on any atom is 0.119 e. The standard InChI is InChI=1S/C15H22O2/c1-3-11(2)10-17-13-8-7-12-5-4-6-15(16)14(12)9-13/h7-9,11,15-16H,3-6,10H2,1-2H3/t11?,15-/m1/s1. The van der Waals surface area contributed by atoms with E-state index in [9.17, 15) is 5.11 Å². The maximum atomic E-state index is 9.95. The van der Waals surface area contributed by atoms with Crippen molar-refractivity contribution in [1.29, 1.82) is 0 Å². The summed E-state index contributed by atoms with van der Waals surface area (Å²) in [7, 11) is 0. The molecule has 2 heteroatoms. The van der Waals surface area contributed by atoms with Crippen LogP contribution >= 0.6 is 0 Å². The molecule has 0 saturated heterocycles. The Morgan fingerprint density at radius 2 is 2.29 bits per heavy atom. The third-order valence-electron chi connectivity index (χ3n) is 3.63. The van der Waals surface area contributed by atoms with Gasteiger partial charge in [-0.15, -0.1) is 0 Å². The van der Waals surface area contributed by atoms with Gasteiger partial charge >= 0.3 is 0 Å². The van der Waals surface area contributed by atoms with Crippen molar-refractivity contribution < 1.29 is 9.84 Å². The highest BCUT2D eigenvalue weighted by atomic mass is 16.5. The Morgan fingerprint density at radius 1 is 1.47 bits per heavy atom. The van der Waals surface area contributed by atoms with Gasteiger partial charge in [0.15, 0.2) is 0 Å². The van der Waals surface area contributed by atoms with E-state index in [0.717, 1.165) is 43.6 Å². The van der Waals surface area contributed by atoms with Crippen LogP contribution in [0.2, 0.25) is 0 Å². The van der Waals surface area contributed by atoms with Crippen LogP contribution in [0.4, 0.5) is 0 Å². The van der Waals surface area contributed by atoms with E-state index in [1.165, 1.54) is 5.56 Å². The van der Waals surface area contributed by atoms with Crippen molar-refractivity contribution >= 4 is 0 Å². The van der Waals surface area contributed by atoms with Gasteiger partial charge in [0.25, 0.3) is 0 Å². The molecule has 1 aromatic carbocycles. The maximum absolute atomic E-state index is 9.95. The molecule has 94 valence electrons. The number of hydrogen-bond acceptors (Lipinski definition) is 2. The summed E-state index contributed by atoms with van der Waals surface area (Å²) in [6.07, 6.45) is 3.88. The molecule has 1 N–H and O–H groups in total. The molecule has 0 fully saturated rings. The lowest BCUT2D eigenvalue weighted by molar-refractivity contribution is 0.155. The van der Waals surface area contributed by atoms with Crippen LogP contribution < -0.4 is 4.74 Å². The van der Waals surface area contributed by atoms with Crippen LogP contribution in [0.15, 0.2) is 18.2 Å². The van der Waals surface area contributed by atoms with Gasteiger partial charge in [0.05, 0.1) is 12.7 Å². The van der Waals surface area contributed by atoms with E-state index in [1.807, 2.05) is 12.1 Å². The lowest BCUT2D eigenvalue weighted by Gasteiger charge is -2.22. The Morgan fingerprint density at radius 3 is 3.06 bits per heavy atom. The molecule has 0 saturated carbocycles. The molecule has 17 heavy (non-hydrogen) atoms. The van der Waals surface area contributed by atoms with Crippen molar-refractivity contribution in [3.63, 3.8) is 0 Å². The van der Waals surface area contributed by atoms with Crippen molar-refractivity contribution in [3.8, 4) is 5.75 Å². The third kappa shape index (κ3) is 3.01. The minimum absolute atomic E-state index is 0.300. The summed E-state index contributed by atoms with van der Waals surface area (Å²) in [4.78, 5) is 0. The van der Waals surface area contributed by atoms with E-state index in [-0.39, 0.29) is 6.10 Å². The van der Waals surface area contributed by atoms with Gasteiger partial charge in [0.1, 0.15) is 5.75 Å². The Kier molecular flexibility index (Phi) is 4.06. The number of hydrogen-bond donors (Lipinski definition) is 1. The van der Waals surface area contributed by atoms with Crippen LogP contribution in [-0.2, 0) is 6.42 Å². The zero-order valence-electron chi connectivity index (χ0n) is 10.8. The Balaban J connectivity index is 2.07. The normalized spacial score (nSPS) is 20.8. The first-order valence-electron chi connectivity index (χ1n) is 6.64. The largest absolute Gasteiger partial charge is 0.493 e. The van der Waals surface area contributed by atoms with Gasteiger partial charge < -0.3 is 9.84 Å². The fourth-order valence-electron chi connectivity index (χ4n) is 2.20. The molecule has 0 aromatic heterocycles. The Bertz CT molecular complexity index is 373. The number of aliphatic hydroxyl groups excluding tert-OH is 1. The van der Waals surface area contributed by atoms with E-state index in [4.69, 9.17) is 4.74 Å². The molecule has 2 nitrogen and oxygen atoms in total. The quantitative estimate of drug-likeness (QED) is 0.864. The molecule has 2 rings (SSSR count). The molecule has 0 radical (unpaired) electrons. The zero-order valence-corrected chi connectivity index (χ0v) is 10.8. The highest BCUT2D eigenvalue weighted by molar-refractivity contribution is 5.38. The Labute approximate surface area is 104 Å². The van der Waals surface area contributed by atoms with Gasteiger partial charge in [0.2, 0.25) is 0 Å². The zero-order chi connectivity index (χ0) is 12.3. The van der Waals surface area contributed by atoms with Crippen molar-refractivity contribution in [2.24, 2.45) is 5.92 Å². The number of aryl methyl sites for hydroxylation is 1. The van der Waals surface area contributed by atoms with Crippen LogP contribution in [0.3, 0.4) is 0 Å². The van der Waals surface area contributed by atoms with E-state index in [2.05, 4.69) is 19.9 Å². The van der Waals surface area contributed by atoms with Crippen LogP contribution in [-0.4, -0.2) is 11.7 Å². The molecule has 0 bridgehead atoms. The van der Waals surface area contributed by atoms with Crippen molar-refractivity contribution in [1.82, 2.24) is 0 Å². The van der Waals surface area contributed by atoms with Crippen LogP contribution in [0.25, 0.3) is 0 Å². The van der Waals surface area contributed by atoms with Gasteiger partial charge in [-0.1, -0.05) is 26.3 Å². The summed E-state index contributed by atoms with van der Waals surface area (Å²) in [6, 6.07) is 6.14. The molecule has 1 unspecified atom stereocenters. The number of rotatable bonds is 4. The topological polar surface area (TPSA) is 29.5 Å². The number of fused-ring (bicyclic) bond motifs is 1. The molecule has 0 spiro atoms. The summed E-state index contributed by atoms with van der Waals surface area (Å²) >= 11 is 0. The average Bonchev–Trinajstić information content (AvgIpc) is 2.36. The molecular formula is C15H22O2. The van der Waals surface area contributed by atoms with Crippen molar-refractivity contribution in [2.75, 3.05) is 6.61 Å². The average molecular weight is 234 g/mol. The first-order valence-corrected chi connectivity index (χ1v) is 6.64. The minimum atomic E-state index is -0.300. The third-order valence-corrected chi connectivity index (χ3v) is 3.63. The molecule has 0 aliphatic heterocycles. The van der Waals surface area contributed by atoms with Crippen LogP contribution in [0.5, 0.6) is 5.75 Å². The van der Waals surface area contributed by atoms with Crippen LogP contribution in [0, 0.1) is 5.92 Å². The molecule has 0 amide bonds. The molecule has 1 aliphatic carbocycles. The molecule has 1 aliphatic rings. The predicted molar refractivity (Wildman–Crippen MR) is 69.3 cm³/mol. The molecule has 2 atom stereocenters. The summed E-state index contributed by atoms with van der Waals surface area (Å²) in [5.74, 6) is 1.47. The second kappa shape index (κ2) is 5.54. The minimum Gasteiger partial charge on any atom is -0.493 e. The van der Waals surface area contributed by atoms with Crippen molar-refractivity contribution in [2.45, 2.75) is 45.6 Å². The first-order chi connectivity index (χ1) is 8.20. The molecule has 0 heterocycles.